The van der Waals surface area contributed by atoms with Crippen LogP contribution in [0.5, 0.6) is 0 Å². The van der Waals surface area contributed by atoms with Gasteiger partial charge in [0.1, 0.15) is 0 Å². The number of hydrogen-bond donors (Lipinski definition) is 1. The Morgan fingerprint density at radius 1 is 1.29 bits per heavy atom. The van der Waals surface area contributed by atoms with Crippen LogP contribution in [-0.2, 0) is 4.79 Å². The fraction of sp³-hybridized carbons (Fsp3) is 0.500. The number of aliphatic carboxylic acids is 1. The largest absolute Gasteiger partial charge is 0.478 e. The summed E-state index contributed by atoms with van der Waals surface area (Å²) in [5.41, 5.74) is 3.86. The average Bonchev–Trinajstić information content (AvgIpc) is 2.58. The Balaban J connectivity index is 2.15. The molecule has 0 radical (unpaired) electrons. The molecule has 0 atom stereocenters. The molecule has 1 fully saturated rings. The van der Waals surface area contributed by atoms with Crippen molar-refractivity contribution in [2.45, 2.75) is 40.0 Å². The third-order valence-electron chi connectivity index (χ3n) is 4.32. The molecule has 0 spiro atoms. The van der Waals surface area contributed by atoms with E-state index in [2.05, 4.69) is 37.8 Å². The first kappa shape index (κ1) is 15.6. The summed E-state index contributed by atoms with van der Waals surface area (Å²) in [7, 11) is 0. The molecule has 0 aromatic heterocycles. The van der Waals surface area contributed by atoms with Gasteiger partial charge in [-0.05, 0) is 60.9 Å². The highest BCUT2D eigenvalue weighted by atomic mass is 16.4. The molecule has 0 aliphatic carbocycles. The highest BCUT2D eigenvalue weighted by Gasteiger charge is 2.23. The number of aryl methyl sites for hydroxylation is 1. The molecule has 1 aliphatic rings. The van der Waals surface area contributed by atoms with Crippen molar-refractivity contribution in [2.75, 3.05) is 18.0 Å². The van der Waals surface area contributed by atoms with E-state index >= 15 is 0 Å². The number of benzene rings is 1. The van der Waals surface area contributed by atoms with Gasteiger partial charge in [0.15, 0.2) is 0 Å². The van der Waals surface area contributed by atoms with Crippen LogP contribution >= 0.6 is 0 Å². The van der Waals surface area contributed by atoms with Crippen LogP contribution in [0.4, 0.5) is 5.69 Å². The third kappa shape index (κ3) is 4.35. The summed E-state index contributed by atoms with van der Waals surface area (Å²) >= 11 is 0. The van der Waals surface area contributed by atoms with Gasteiger partial charge in [-0.1, -0.05) is 19.9 Å². The van der Waals surface area contributed by atoms with E-state index in [9.17, 15) is 4.79 Å². The number of carboxylic acid groups (broad SMARTS) is 1. The van der Waals surface area contributed by atoms with Gasteiger partial charge in [0.2, 0.25) is 0 Å². The summed E-state index contributed by atoms with van der Waals surface area (Å²) in [6, 6.07) is 6.18. The van der Waals surface area contributed by atoms with Crippen LogP contribution in [0.3, 0.4) is 0 Å². The molecule has 3 heteroatoms. The zero-order chi connectivity index (χ0) is 15.5. The summed E-state index contributed by atoms with van der Waals surface area (Å²) < 4.78 is 0. The zero-order valence-electron chi connectivity index (χ0n) is 13.2. The highest BCUT2D eigenvalue weighted by molar-refractivity contribution is 5.85. The first-order valence-corrected chi connectivity index (χ1v) is 7.64. The third-order valence-corrected chi connectivity index (χ3v) is 4.32. The van der Waals surface area contributed by atoms with Gasteiger partial charge in [-0.3, -0.25) is 0 Å². The van der Waals surface area contributed by atoms with Gasteiger partial charge in [0.25, 0.3) is 0 Å². The number of rotatable bonds is 3. The first-order chi connectivity index (χ1) is 9.87. The summed E-state index contributed by atoms with van der Waals surface area (Å²) in [6.45, 7) is 9.00. The minimum atomic E-state index is -0.911. The fourth-order valence-electron chi connectivity index (χ4n) is 2.97. The van der Waals surface area contributed by atoms with Crippen molar-refractivity contribution in [2.24, 2.45) is 5.41 Å². The summed E-state index contributed by atoms with van der Waals surface area (Å²) in [5, 5.41) is 8.69. The molecule has 1 N–H and O–H groups in total. The molecule has 0 bridgehead atoms. The number of anilines is 1. The molecule has 1 aromatic rings. The minimum Gasteiger partial charge on any atom is -0.478 e. The molecule has 21 heavy (non-hydrogen) atoms. The summed E-state index contributed by atoms with van der Waals surface area (Å²) in [5.74, 6) is -0.911. The number of carboxylic acids is 1. The Labute approximate surface area is 127 Å². The van der Waals surface area contributed by atoms with Crippen molar-refractivity contribution in [3.63, 3.8) is 0 Å². The van der Waals surface area contributed by atoms with Crippen LogP contribution in [-0.4, -0.2) is 24.2 Å². The van der Waals surface area contributed by atoms with Gasteiger partial charge in [0, 0.05) is 24.9 Å². The first-order valence-electron chi connectivity index (χ1n) is 7.64. The summed E-state index contributed by atoms with van der Waals surface area (Å²) in [4.78, 5) is 13.0. The second-order valence-electron chi connectivity index (χ2n) is 6.72. The Kier molecular flexibility index (Phi) is 4.71. The maximum atomic E-state index is 10.6. The molecule has 3 nitrogen and oxygen atoms in total. The molecular weight excluding hydrogens is 262 g/mol. The SMILES string of the molecule is Cc1cc(C=CC(=O)O)ccc1N1CCCC(C)(C)CC1. The van der Waals surface area contributed by atoms with E-state index in [0.29, 0.717) is 5.41 Å². The predicted molar refractivity (Wildman–Crippen MR) is 87.7 cm³/mol. The fourth-order valence-corrected chi connectivity index (χ4v) is 2.97. The van der Waals surface area contributed by atoms with Gasteiger partial charge in [-0.2, -0.15) is 0 Å². The van der Waals surface area contributed by atoms with Gasteiger partial charge < -0.3 is 10.0 Å². The maximum Gasteiger partial charge on any atom is 0.328 e. The molecular formula is C18H25NO2. The molecule has 1 aromatic carbocycles. The lowest BCUT2D eigenvalue weighted by Crippen LogP contribution is -2.25. The topological polar surface area (TPSA) is 40.5 Å². The van der Waals surface area contributed by atoms with E-state index in [4.69, 9.17) is 5.11 Å². The lowest BCUT2D eigenvalue weighted by atomic mass is 9.85. The molecule has 1 aliphatic heterocycles. The quantitative estimate of drug-likeness (QED) is 0.851. The smallest absolute Gasteiger partial charge is 0.328 e. The lowest BCUT2D eigenvalue weighted by molar-refractivity contribution is -0.131. The molecule has 1 saturated heterocycles. The van der Waals surface area contributed by atoms with E-state index in [1.807, 2.05) is 6.07 Å². The maximum absolute atomic E-state index is 10.6. The van der Waals surface area contributed by atoms with Crippen LogP contribution in [0.1, 0.15) is 44.2 Å². The van der Waals surface area contributed by atoms with Gasteiger partial charge >= 0.3 is 5.97 Å². The Morgan fingerprint density at radius 2 is 2.05 bits per heavy atom. The Hall–Kier alpha value is -1.77. The number of nitrogens with zero attached hydrogens (tertiary/aromatic N) is 1. The Bertz CT molecular complexity index is 546. The van der Waals surface area contributed by atoms with Crippen molar-refractivity contribution in [1.29, 1.82) is 0 Å². The van der Waals surface area contributed by atoms with E-state index in [0.717, 1.165) is 18.7 Å². The van der Waals surface area contributed by atoms with Gasteiger partial charge in [0.05, 0.1) is 0 Å². The molecule has 2 rings (SSSR count). The van der Waals surface area contributed by atoms with Gasteiger partial charge in [-0.15, -0.1) is 0 Å². The van der Waals surface area contributed by atoms with Crippen LogP contribution in [0.15, 0.2) is 24.3 Å². The van der Waals surface area contributed by atoms with E-state index in [1.54, 1.807) is 6.08 Å². The summed E-state index contributed by atoms with van der Waals surface area (Å²) in [6.07, 6.45) is 6.55. The van der Waals surface area contributed by atoms with Crippen molar-refractivity contribution < 1.29 is 9.90 Å². The normalized spacial score (nSPS) is 18.7. The minimum absolute atomic E-state index is 0.437. The van der Waals surface area contributed by atoms with Crippen LogP contribution in [0.2, 0.25) is 0 Å². The monoisotopic (exact) mass is 287 g/mol. The second kappa shape index (κ2) is 6.33. The van der Waals surface area contributed by atoms with E-state index < -0.39 is 5.97 Å². The zero-order valence-corrected chi connectivity index (χ0v) is 13.2. The van der Waals surface area contributed by atoms with Crippen molar-refractivity contribution in [3.05, 3.63) is 35.4 Å². The molecule has 0 amide bonds. The molecule has 114 valence electrons. The average molecular weight is 287 g/mol. The molecule has 1 heterocycles. The predicted octanol–water partition coefficient (Wildman–Crippen LogP) is 4.11. The Morgan fingerprint density at radius 3 is 2.71 bits per heavy atom. The number of carbonyl (C=O) groups is 1. The van der Waals surface area contributed by atoms with Crippen molar-refractivity contribution in [1.82, 2.24) is 0 Å². The van der Waals surface area contributed by atoms with Gasteiger partial charge in [-0.25, -0.2) is 4.79 Å². The van der Waals surface area contributed by atoms with Crippen LogP contribution < -0.4 is 4.90 Å². The highest BCUT2D eigenvalue weighted by Crippen LogP contribution is 2.32. The van der Waals surface area contributed by atoms with E-state index in [-0.39, 0.29) is 0 Å². The molecule has 0 saturated carbocycles. The van der Waals surface area contributed by atoms with Crippen molar-refractivity contribution >= 4 is 17.7 Å². The van der Waals surface area contributed by atoms with Crippen LogP contribution in [0, 0.1) is 12.3 Å². The lowest BCUT2D eigenvalue weighted by Gasteiger charge is -2.26. The van der Waals surface area contributed by atoms with Crippen LogP contribution in [0.25, 0.3) is 6.08 Å². The second-order valence-corrected chi connectivity index (χ2v) is 6.72. The standard InChI is InChI=1S/C18H25NO2/c1-14-13-15(6-8-17(20)21)5-7-16(14)19-11-4-9-18(2,3)10-12-19/h5-8,13H,4,9-12H2,1-3H3,(H,20,21). The van der Waals surface area contributed by atoms with Crippen molar-refractivity contribution in [3.8, 4) is 0 Å². The number of hydrogen-bond acceptors (Lipinski definition) is 2. The van der Waals surface area contributed by atoms with E-state index in [1.165, 1.54) is 36.6 Å². The molecule has 0 unspecified atom stereocenters.